The van der Waals surface area contributed by atoms with Gasteiger partial charge >= 0.3 is 0 Å². The number of nitrogens with two attached hydrogens (primary N) is 1. The van der Waals surface area contributed by atoms with Gasteiger partial charge in [0.15, 0.2) is 10.1 Å². The van der Waals surface area contributed by atoms with E-state index in [4.69, 9.17) is 17.3 Å². The van der Waals surface area contributed by atoms with Crippen LogP contribution in [-0.4, -0.2) is 9.91 Å². The highest BCUT2D eigenvalue weighted by Crippen LogP contribution is 2.38. The molecular weight excluding hydrogens is 350 g/mol. The van der Waals surface area contributed by atoms with Crippen LogP contribution >= 0.6 is 22.9 Å². The number of azo groups is 1. The Labute approximate surface area is 145 Å². The number of hydrogen-bond donors (Lipinski definition) is 1. The number of thiazole rings is 1. The fourth-order valence-electron chi connectivity index (χ4n) is 1.96. The molecule has 3 aromatic rings. The van der Waals surface area contributed by atoms with Gasteiger partial charge in [0.2, 0.25) is 0 Å². The summed E-state index contributed by atoms with van der Waals surface area (Å²) in [6.45, 7) is 0. The second-order valence-electron chi connectivity index (χ2n) is 4.69. The fourth-order valence-corrected chi connectivity index (χ4v) is 2.77. The average Bonchev–Trinajstić information content (AvgIpc) is 2.95. The van der Waals surface area contributed by atoms with E-state index in [1.807, 2.05) is 12.1 Å². The van der Waals surface area contributed by atoms with Gasteiger partial charge in [0, 0.05) is 22.7 Å². The summed E-state index contributed by atoms with van der Waals surface area (Å²) in [5, 5.41) is 20.5. The minimum atomic E-state index is -0.483. The fraction of sp³-hybridized carbons (Fsp3) is 0. The van der Waals surface area contributed by atoms with Gasteiger partial charge in [-0.05, 0) is 18.2 Å². The van der Waals surface area contributed by atoms with Crippen molar-refractivity contribution >= 4 is 44.4 Å². The molecule has 0 radical (unpaired) electrons. The Morgan fingerprint density at radius 1 is 1.17 bits per heavy atom. The van der Waals surface area contributed by atoms with Crippen molar-refractivity contribution in [2.75, 3.05) is 5.73 Å². The number of halogens is 1. The number of nitrogen functional groups attached to an aromatic ring is 1. The Morgan fingerprint density at radius 2 is 1.92 bits per heavy atom. The van der Waals surface area contributed by atoms with Gasteiger partial charge in [0.1, 0.15) is 5.69 Å². The molecule has 0 spiro atoms. The molecule has 0 atom stereocenters. The lowest BCUT2D eigenvalue weighted by Gasteiger charge is -1.98. The molecule has 1 aromatic heterocycles. The van der Waals surface area contributed by atoms with Crippen LogP contribution in [0.4, 0.5) is 21.5 Å². The lowest BCUT2D eigenvalue weighted by atomic mass is 10.2. The molecule has 7 nitrogen and oxygen atoms in total. The number of anilines is 1. The third-order valence-electron chi connectivity index (χ3n) is 3.04. The van der Waals surface area contributed by atoms with Gasteiger partial charge in [-0.2, -0.15) is 0 Å². The van der Waals surface area contributed by atoms with Crippen molar-refractivity contribution in [2.45, 2.75) is 0 Å². The van der Waals surface area contributed by atoms with Crippen LogP contribution in [0.2, 0.25) is 5.02 Å². The zero-order valence-electron chi connectivity index (χ0n) is 12.1. The summed E-state index contributed by atoms with van der Waals surface area (Å²) in [6.07, 6.45) is 0. The number of nitro benzene ring substituents is 1. The van der Waals surface area contributed by atoms with Crippen LogP contribution in [0.3, 0.4) is 0 Å². The molecule has 0 amide bonds. The van der Waals surface area contributed by atoms with Crippen molar-refractivity contribution in [3.05, 3.63) is 63.7 Å². The number of non-ortho nitro benzene ring substituents is 1. The van der Waals surface area contributed by atoms with Gasteiger partial charge in [-0.3, -0.25) is 10.1 Å². The molecule has 2 N–H and O–H groups in total. The predicted molar refractivity (Wildman–Crippen MR) is 94.2 cm³/mol. The molecule has 0 unspecified atom stereocenters. The maximum absolute atomic E-state index is 10.8. The highest BCUT2D eigenvalue weighted by Gasteiger charge is 2.12. The lowest BCUT2D eigenvalue weighted by Crippen LogP contribution is -1.85. The van der Waals surface area contributed by atoms with Crippen molar-refractivity contribution in [3.63, 3.8) is 0 Å². The summed E-state index contributed by atoms with van der Waals surface area (Å²) in [7, 11) is 0. The average molecular weight is 360 g/mol. The van der Waals surface area contributed by atoms with Gasteiger partial charge in [0.05, 0.1) is 10.6 Å². The molecule has 120 valence electrons. The zero-order valence-corrected chi connectivity index (χ0v) is 13.7. The van der Waals surface area contributed by atoms with Crippen molar-refractivity contribution in [3.8, 4) is 11.3 Å². The molecular formula is C15H10ClN5O2S. The molecule has 0 aliphatic rings. The van der Waals surface area contributed by atoms with Crippen LogP contribution in [0.5, 0.6) is 0 Å². The van der Waals surface area contributed by atoms with Crippen molar-refractivity contribution < 1.29 is 4.92 Å². The molecule has 0 bridgehead atoms. The van der Waals surface area contributed by atoms with Gasteiger partial charge < -0.3 is 5.73 Å². The van der Waals surface area contributed by atoms with Crippen LogP contribution in [-0.2, 0) is 0 Å². The summed E-state index contributed by atoms with van der Waals surface area (Å²) in [5.41, 5.74) is 7.49. The monoisotopic (exact) mass is 359 g/mol. The van der Waals surface area contributed by atoms with Crippen molar-refractivity contribution in [1.82, 2.24) is 4.98 Å². The number of nitro groups is 1. The van der Waals surface area contributed by atoms with Crippen LogP contribution in [0.15, 0.2) is 58.8 Å². The van der Waals surface area contributed by atoms with E-state index in [0.717, 1.165) is 5.56 Å². The van der Waals surface area contributed by atoms with E-state index >= 15 is 0 Å². The summed E-state index contributed by atoms with van der Waals surface area (Å²) < 4.78 is 0. The summed E-state index contributed by atoms with van der Waals surface area (Å²) in [4.78, 5) is 14.6. The normalized spacial score (nSPS) is 11.0. The number of aromatic nitrogens is 1. The van der Waals surface area contributed by atoms with E-state index < -0.39 is 4.92 Å². The highest BCUT2D eigenvalue weighted by atomic mass is 35.5. The summed E-state index contributed by atoms with van der Waals surface area (Å²) >= 11 is 7.07. The molecule has 0 saturated carbocycles. The maximum atomic E-state index is 10.8. The van der Waals surface area contributed by atoms with Gasteiger partial charge in [-0.1, -0.05) is 41.1 Å². The highest BCUT2D eigenvalue weighted by molar-refractivity contribution is 7.19. The first kappa shape index (κ1) is 16.0. The maximum Gasteiger partial charge on any atom is 0.271 e. The molecule has 3 rings (SSSR count). The number of hydrogen-bond acceptors (Lipinski definition) is 7. The predicted octanol–water partition coefficient (Wildman–Crippen LogP) is 5.37. The molecule has 1 heterocycles. The first-order valence-electron chi connectivity index (χ1n) is 6.71. The smallest absolute Gasteiger partial charge is 0.271 e. The second kappa shape index (κ2) is 6.73. The molecule has 0 aliphatic carbocycles. The first-order chi connectivity index (χ1) is 11.5. The van der Waals surface area contributed by atoms with Gasteiger partial charge in [0.25, 0.3) is 5.69 Å². The number of benzene rings is 2. The van der Waals surface area contributed by atoms with E-state index in [9.17, 15) is 10.1 Å². The van der Waals surface area contributed by atoms with Crippen LogP contribution in [0.1, 0.15) is 0 Å². The third-order valence-corrected chi connectivity index (χ3v) is 4.06. The molecule has 2 aromatic carbocycles. The lowest BCUT2D eigenvalue weighted by molar-refractivity contribution is -0.384. The molecule has 9 heteroatoms. The molecule has 0 fully saturated rings. The van der Waals surface area contributed by atoms with E-state index in [2.05, 4.69) is 15.2 Å². The largest absolute Gasteiger partial charge is 0.375 e. The minimum Gasteiger partial charge on any atom is -0.375 e. The minimum absolute atomic E-state index is 0.0480. The first-order valence-corrected chi connectivity index (χ1v) is 7.91. The Bertz CT molecular complexity index is 924. The Hall–Kier alpha value is -2.84. The molecule has 24 heavy (non-hydrogen) atoms. The van der Waals surface area contributed by atoms with Gasteiger partial charge in [-0.25, -0.2) is 4.98 Å². The van der Waals surface area contributed by atoms with Crippen molar-refractivity contribution in [1.29, 1.82) is 0 Å². The van der Waals surface area contributed by atoms with Crippen LogP contribution in [0, 0.1) is 10.1 Å². The standard InChI is InChI=1S/C15H10ClN5O2S/c16-10-6-4-9(5-7-10)13-14(24-15(17)18-13)20-19-11-2-1-3-12(8-11)21(22)23/h1-8H,(H2,17,18). The second-order valence-corrected chi connectivity index (χ2v) is 6.14. The number of nitrogens with zero attached hydrogens (tertiary/aromatic N) is 4. The SMILES string of the molecule is Nc1nc(-c2ccc(Cl)cc2)c(N=Nc2cccc([N+](=O)[O-])c2)s1. The Kier molecular flexibility index (Phi) is 4.50. The Morgan fingerprint density at radius 3 is 2.62 bits per heavy atom. The number of rotatable bonds is 4. The summed E-state index contributed by atoms with van der Waals surface area (Å²) in [6, 6.07) is 13.0. The summed E-state index contributed by atoms with van der Waals surface area (Å²) in [5.74, 6) is 0. The van der Waals surface area contributed by atoms with E-state index in [1.165, 1.54) is 23.5 Å². The van der Waals surface area contributed by atoms with E-state index in [1.54, 1.807) is 24.3 Å². The van der Waals surface area contributed by atoms with E-state index in [-0.39, 0.29) is 5.69 Å². The van der Waals surface area contributed by atoms with Crippen LogP contribution < -0.4 is 5.73 Å². The van der Waals surface area contributed by atoms with Crippen LogP contribution in [0.25, 0.3) is 11.3 Å². The van der Waals surface area contributed by atoms with Crippen molar-refractivity contribution in [2.24, 2.45) is 10.2 Å². The quantitative estimate of drug-likeness (QED) is 0.383. The zero-order chi connectivity index (χ0) is 17.1. The van der Waals surface area contributed by atoms with Gasteiger partial charge in [-0.15, -0.1) is 10.2 Å². The topological polar surface area (TPSA) is 107 Å². The molecule has 0 aliphatic heterocycles. The molecule has 0 saturated heterocycles. The van der Waals surface area contributed by atoms with E-state index in [0.29, 0.717) is 26.5 Å². The Balaban J connectivity index is 1.94. The third kappa shape index (κ3) is 3.55.